The van der Waals surface area contributed by atoms with Gasteiger partial charge in [-0.25, -0.2) is 14.2 Å². The minimum atomic E-state index is -0.643. The van der Waals surface area contributed by atoms with E-state index in [4.69, 9.17) is 4.74 Å². The standard InChI is InChI=1S/C23H30FN3O2/c1-16-12-21(17(2)11-20(16)25-15-26(6)7)27(22(28)29-23(3,4)5)14-18-9-8-10-19(24)13-18/h8-13,15H,14H2,1-7H3. The molecular formula is C23H30FN3O2. The van der Waals surface area contributed by atoms with Gasteiger partial charge in [0.25, 0.3) is 0 Å². The Balaban J connectivity index is 2.47. The highest BCUT2D eigenvalue weighted by atomic mass is 19.1. The van der Waals surface area contributed by atoms with Crippen LogP contribution in [0.1, 0.15) is 37.5 Å². The largest absolute Gasteiger partial charge is 0.443 e. The minimum Gasteiger partial charge on any atom is -0.443 e. The van der Waals surface area contributed by atoms with Crippen molar-refractivity contribution < 1.29 is 13.9 Å². The summed E-state index contributed by atoms with van der Waals surface area (Å²) in [6.07, 6.45) is 1.26. The number of nitrogens with zero attached hydrogens (tertiary/aromatic N) is 3. The molecule has 0 aliphatic rings. The monoisotopic (exact) mass is 399 g/mol. The fourth-order valence-corrected chi connectivity index (χ4v) is 2.78. The van der Waals surface area contributed by atoms with Crippen molar-refractivity contribution in [2.45, 2.75) is 46.8 Å². The molecule has 6 heteroatoms. The van der Waals surface area contributed by atoms with E-state index in [0.717, 1.165) is 16.8 Å². The van der Waals surface area contributed by atoms with Gasteiger partial charge in [-0.05, 0) is 75.6 Å². The van der Waals surface area contributed by atoms with Crippen molar-refractivity contribution in [1.29, 1.82) is 0 Å². The summed E-state index contributed by atoms with van der Waals surface area (Å²) >= 11 is 0. The first-order valence-electron chi connectivity index (χ1n) is 9.53. The Hall–Kier alpha value is -2.89. The van der Waals surface area contributed by atoms with Crippen molar-refractivity contribution in [3.05, 3.63) is 58.9 Å². The number of hydrogen-bond donors (Lipinski definition) is 0. The first-order valence-corrected chi connectivity index (χ1v) is 9.53. The van der Waals surface area contributed by atoms with Crippen LogP contribution in [0, 0.1) is 19.7 Å². The maximum Gasteiger partial charge on any atom is 0.415 e. The van der Waals surface area contributed by atoms with Crippen LogP contribution in [-0.4, -0.2) is 37.0 Å². The van der Waals surface area contributed by atoms with Gasteiger partial charge in [0.2, 0.25) is 0 Å². The number of ether oxygens (including phenoxy) is 1. The van der Waals surface area contributed by atoms with E-state index in [2.05, 4.69) is 4.99 Å². The van der Waals surface area contributed by atoms with Gasteiger partial charge in [0.15, 0.2) is 0 Å². The molecule has 2 rings (SSSR count). The molecular weight excluding hydrogens is 369 g/mol. The van der Waals surface area contributed by atoms with E-state index in [0.29, 0.717) is 11.3 Å². The van der Waals surface area contributed by atoms with E-state index in [1.54, 1.807) is 23.4 Å². The first-order chi connectivity index (χ1) is 13.5. The lowest BCUT2D eigenvalue weighted by molar-refractivity contribution is 0.0577. The van der Waals surface area contributed by atoms with Gasteiger partial charge in [0.05, 0.1) is 24.3 Å². The Labute approximate surface area is 172 Å². The van der Waals surface area contributed by atoms with Crippen molar-refractivity contribution in [3.8, 4) is 0 Å². The van der Waals surface area contributed by atoms with Crippen LogP contribution in [0.2, 0.25) is 0 Å². The van der Waals surface area contributed by atoms with Crippen LogP contribution in [0.15, 0.2) is 41.4 Å². The van der Waals surface area contributed by atoms with Gasteiger partial charge in [0, 0.05) is 14.1 Å². The molecule has 156 valence electrons. The summed E-state index contributed by atoms with van der Waals surface area (Å²) in [6, 6.07) is 10.1. The number of aryl methyl sites for hydroxylation is 2. The average molecular weight is 400 g/mol. The molecule has 2 aromatic carbocycles. The number of rotatable bonds is 5. The minimum absolute atomic E-state index is 0.202. The Morgan fingerprint density at radius 1 is 1.14 bits per heavy atom. The smallest absolute Gasteiger partial charge is 0.415 e. The number of hydrogen-bond acceptors (Lipinski definition) is 3. The second kappa shape index (κ2) is 9.07. The van der Waals surface area contributed by atoms with Gasteiger partial charge in [-0.2, -0.15) is 0 Å². The van der Waals surface area contributed by atoms with Crippen LogP contribution in [0.4, 0.5) is 20.6 Å². The van der Waals surface area contributed by atoms with E-state index in [1.165, 1.54) is 12.1 Å². The average Bonchev–Trinajstić information content (AvgIpc) is 2.58. The van der Waals surface area contributed by atoms with Crippen LogP contribution < -0.4 is 4.90 Å². The van der Waals surface area contributed by atoms with Crippen molar-refractivity contribution in [2.75, 3.05) is 19.0 Å². The summed E-state index contributed by atoms with van der Waals surface area (Å²) in [5.41, 5.74) is 3.39. The lowest BCUT2D eigenvalue weighted by atomic mass is 10.1. The fraction of sp³-hybridized carbons (Fsp3) is 0.391. The number of aliphatic imine (C=N–C) groups is 1. The molecule has 0 aliphatic carbocycles. The first kappa shape index (κ1) is 22.4. The number of carbonyl (C=O) groups excluding carboxylic acids is 1. The van der Waals surface area contributed by atoms with Crippen molar-refractivity contribution in [2.24, 2.45) is 4.99 Å². The summed E-state index contributed by atoms with van der Waals surface area (Å²) in [7, 11) is 3.81. The molecule has 0 radical (unpaired) electrons. The molecule has 0 aliphatic heterocycles. The molecule has 5 nitrogen and oxygen atoms in total. The number of anilines is 1. The molecule has 0 bridgehead atoms. The predicted molar refractivity (Wildman–Crippen MR) is 117 cm³/mol. The van der Waals surface area contributed by atoms with E-state index in [9.17, 15) is 9.18 Å². The van der Waals surface area contributed by atoms with Crippen molar-refractivity contribution >= 4 is 23.8 Å². The van der Waals surface area contributed by atoms with Crippen LogP contribution in [0.5, 0.6) is 0 Å². The summed E-state index contributed by atoms with van der Waals surface area (Å²) in [5.74, 6) is -0.340. The number of benzene rings is 2. The summed E-state index contributed by atoms with van der Waals surface area (Å²) in [5, 5.41) is 0. The van der Waals surface area contributed by atoms with E-state index < -0.39 is 11.7 Å². The normalized spacial score (nSPS) is 11.6. The van der Waals surface area contributed by atoms with Gasteiger partial charge in [-0.1, -0.05) is 12.1 Å². The van der Waals surface area contributed by atoms with E-state index in [-0.39, 0.29) is 12.4 Å². The van der Waals surface area contributed by atoms with Crippen LogP contribution in [0.3, 0.4) is 0 Å². The molecule has 2 aromatic rings. The third kappa shape index (κ3) is 6.59. The molecule has 0 N–H and O–H groups in total. The number of halogens is 1. The molecule has 0 fully saturated rings. The summed E-state index contributed by atoms with van der Waals surface area (Å²) < 4.78 is 19.3. The molecule has 0 spiro atoms. The zero-order valence-electron chi connectivity index (χ0n) is 18.3. The summed E-state index contributed by atoms with van der Waals surface area (Å²) in [6.45, 7) is 9.54. The second-order valence-corrected chi connectivity index (χ2v) is 8.33. The van der Waals surface area contributed by atoms with E-state index in [1.807, 2.05) is 65.7 Å². The lowest BCUT2D eigenvalue weighted by Crippen LogP contribution is -2.37. The maximum atomic E-state index is 13.7. The number of carbonyl (C=O) groups is 1. The van der Waals surface area contributed by atoms with Gasteiger partial charge >= 0.3 is 6.09 Å². The predicted octanol–water partition coefficient (Wildman–Crippen LogP) is 5.61. The quantitative estimate of drug-likeness (QED) is 0.485. The number of amides is 1. The van der Waals surface area contributed by atoms with E-state index >= 15 is 0 Å². The third-order valence-corrected chi connectivity index (χ3v) is 4.08. The maximum absolute atomic E-state index is 13.7. The zero-order chi connectivity index (χ0) is 21.8. The van der Waals surface area contributed by atoms with Gasteiger partial charge in [-0.3, -0.25) is 4.90 Å². The zero-order valence-corrected chi connectivity index (χ0v) is 18.3. The Morgan fingerprint density at radius 2 is 1.83 bits per heavy atom. The highest BCUT2D eigenvalue weighted by Gasteiger charge is 2.25. The topological polar surface area (TPSA) is 45.1 Å². The van der Waals surface area contributed by atoms with Crippen LogP contribution in [-0.2, 0) is 11.3 Å². The highest BCUT2D eigenvalue weighted by Crippen LogP contribution is 2.31. The molecule has 0 saturated carbocycles. The second-order valence-electron chi connectivity index (χ2n) is 8.33. The van der Waals surface area contributed by atoms with Crippen LogP contribution in [0.25, 0.3) is 0 Å². The van der Waals surface area contributed by atoms with Gasteiger partial charge in [-0.15, -0.1) is 0 Å². The molecule has 0 saturated heterocycles. The highest BCUT2D eigenvalue weighted by molar-refractivity contribution is 5.89. The fourth-order valence-electron chi connectivity index (χ4n) is 2.78. The molecule has 0 atom stereocenters. The van der Waals surface area contributed by atoms with Gasteiger partial charge in [0.1, 0.15) is 11.4 Å². The molecule has 1 amide bonds. The van der Waals surface area contributed by atoms with Gasteiger partial charge < -0.3 is 9.64 Å². The lowest BCUT2D eigenvalue weighted by Gasteiger charge is -2.29. The summed E-state index contributed by atoms with van der Waals surface area (Å²) in [4.78, 5) is 20.9. The third-order valence-electron chi connectivity index (χ3n) is 4.08. The molecule has 0 unspecified atom stereocenters. The Bertz CT molecular complexity index is 901. The SMILES string of the molecule is Cc1cc(N(Cc2cccc(F)c2)C(=O)OC(C)(C)C)c(C)cc1N=CN(C)C. The van der Waals surface area contributed by atoms with Crippen molar-refractivity contribution in [3.63, 3.8) is 0 Å². The Morgan fingerprint density at radius 3 is 2.41 bits per heavy atom. The molecule has 29 heavy (non-hydrogen) atoms. The molecule has 0 heterocycles. The Kier molecular flexibility index (Phi) is 7.01. The van der Waals surface area contributed by atoms with Crippen molar-refractivity contribution in [1.82, 2.24) is 4.90 Å². The molecule has 0 aromatic heterocycles. The van der Waals surface area contributed by atoms with Crippen LogP contribution >= 0.6 is 0 Å².